The first-order valence-electron chi connectivity index (χ1n) is 5.03. The summed E-state index contributed by atoms with van der Waals surface area (Å²) < 4.78 is 0. The molecule has 0 aliphatic carbocycles. The number of para-hydroxylation sites is 1. The van der Waals surface area contributed by atoms with Crippen molar-refractivity contribution in [1.82, 2.24) is 5.01 Å². The molecule has 0 unspecified atom stereocenters. The fraction of sp³-hybridized carbons (Fsp3) is 0.273. The largest absolute Gasteiger partial charge is 0.480 e. The van der Waals surface area contributed by atoms with Crippen LogP contribution in [0.2, 0.25) is 0 Å². The first-order valence-corrected chi connectivity index (χ1v) is 5.03. The molecule has 1 N–H and O–H groups in total. The summed E-state index contributed by atoms with van der Waals surface area (Å²) in [6.07, 6.45) is 0.363. The zero-order chi connectivity index (χ0) is 11.5. The summed E-state index contributed by atoms with van der Waals surface area (Å²) >= 11 is 0. The summed E-state index contributed by atoms with van der Waals surface area (Å²) in [5, 5.41) is 11.7. The maximum absolute atomic E-state index is 11.7. The van der Waals surface area contributed by atoms with Gasteiger partial charge in [0.1, 0.15) is 6.54 Å². The highest BCUT2D eigenvalue weighted by atomic mass is 16.4. The lowest BCUT2D eigenvalue weighted by Gasteiger charge is -2.26. The second-order valence-electron chi connectivity index (χ2n) is 3.57. The molecule has 0 bridgehead atoms. The van der Waals surface area contributed by atoms with Crippen molar-refractivity contribution in [3.8, 4) is 0 Å². The van der Waals surface area contributed by atoms with E-state index in [4.69, 9.17) is 5.11 Å². The Morgan fingerprint density at radius 2 is 2.00 bits per heavy atom. The Hall–Kier alpha value is -1.88. The van der Waals surface area contributed by atoms with Crippen molar-refractivity contribution in [3.63, 3.8) is 0 Å². The van der Waals surface area contributed by atoms with Gasteiger partial charge in [-0.2, -0.15) is 0 Å². The fourth-order valence-corrected chi connectivity index (χ4v) is 1.77. The topological polar surface area (TPSA) is 60.9 Å². The molecule has 1 aromatic rings. The Balaban J connectivity index is 2.23. The van der Waals surface area contributed by atoms with Gasteiger partial charge in [-0.05, 0) is 12.1 Å². The second-order valence-corrected chi connectivity index (χ2v) is 3.57. The highest BCUT2D eigenvalue weighted by molar-refractivity contribution is 5.94. The predicted octanol–water partition coefficient (Wildman–Crippen LogP) is 0.725. The van der Waals surface area contributed by atoms with Crippen LogP contribution in [0, 0.1) is 0 Å². The molecule has 1 aromatic carbocycles. The number of carboxylic acid groups (broad SMARTS) is 1. The van der Waals surface area contributed by atoms with Gasteiger partial charge in [0, 0.05) is 13.0 Å². The third-order valence-corrected chi connectivity index (χ3v) is 2.42. The SMILES string of the molecule is O=C(O)CN1CCC(=O)N1c1ccccc1. The highest BCUT2D eigenvalue weighted by Crippen LogP contribution is 2.21. The lowest BCUT2D eigenvalue weighted by atomic mass is 10.3. The van der Waals surface area contributed by atoms with Crippen molar-refractivity contribution in [2.75, 3.05) is 18.1 Å². The van der Waals surface area contributed by atoms with Crippen LogP contribution in [0.1, 0.15) is 6.42 Å². The maximum atomic E-state index is 11.7. The summed E-state index contributed by atoms with van der Waals surface area (Å²) in [5.41, 5.74) is 0.714. The van der Waals surface area contributed by atoms with E-state index in [1.165, 1.54) is 5.01 Å². The monoisotopic (exact) mass is 220 g/mol. The number of hydrazine groups is 1. The summed E-state index contributed by atoms with van der Waals surface area (Å²) in [7, 11) is 0. The van der Waals surface area contributed by atoms with E-state index in [2.05, 4.69) is 0 Å². The number of hydrogen-bond donors (Lipinski definition) is 1. The number of carbonyl (C=O) groups excluding carboxylic acids is 1. The molecule has 0 atom stereocenters. The van der Waals surface area contributed by atoms with Crippen LogP contribution in [0.15, 0.2) is 30.3 Å². The summed E-state index contributed by atoms with van der Waals surface area (Å²) in [4.78, 5) is 22.3. The Bertz CT molecular complexity index is 405. The number of anilines is 1. The van der Waals surface area contributed by atoms with Crippen molar-refractivity contribution in [3.05, 3.63) is 30.3 Å². The van der Waals surface area contributed by atoms with Crippen molar-refractivity contribution in [1.29, 1.82) is 0 Å². The molecule has 0 aromatic heterocycles. The number of rotatable bonds is 3. The Morgan fingerprint density at radius 1 is 1.31 bits per heavy atom. The molecule has 1 fully saturated rings. The normalized spacial score (nSPS) is 16.8. The third kappa shape index (κ3) is 2.04. The van der Waals surface area contributed by atoms with Crippen molar-refractivity contribution in [2.24, 2.45) is 0 Å². The smallest absolute Gasteiger partial charge is 0.319 e. The minimum absolute atomic E-state index is 0.0625. The van der Waals surface area contributed by atoms with E-state index in [-0.39, 0.29) is 12.5 Å². The van der Waals surface area contributed by atoms with Crippen LogP contribution in [-0.4, -0.2) is 35.1 Å². The van der Waals surface area contributed by atoms with Gasteiger partial charge in [-0.25, -0.2) is 10.0 Å². The third-order valence-electron chi connectivity index (χ3n) is 2.42. The molecule has 0 spiro atoms. The molecule has 1 aliphatic heterocycles. The Morgan fingerprint density at radius 3 is 2.62 bits per heavy atom. The molecule has 0 radical (unpaired) electrons. The molecule has 1 aliphatic rings. The van der Waals surface area contributed by atoms with Crippen LogP contribution in [0.25, 0.3) is 0 Å². The van der Waals surface area contributed by atoms with Gasteiger partial charge in [0.15, 0.2) is 0 Å². The van der Waals surface area contributed by atoms with Gasteiger partial charge in [-0.3, -0.25) is 9.59 Å². The number of aliphatic carboxylic acids is 1. The number of carboxylic acids is 1. The zero-order valence-corrected chi connectivity index (χ0v) is 8.67. The molecule has 0 saturated carbocycles. The van der Waals surface area contributed by atoms with Crippen LogP contribution in [-0.2, 0) is 9.59 Å². The quantitative estimate of drug-likeness (QED) is 0.815. The maximum Gasteiger partial charge on any atom is 0.319 e. The predicted molar refractivity (Wildman–Crippen MR) is 57.8 cm³/mol. The Kier molecular flexibility index (Phi) is 2.87. The first-order chi connectivity index (χ1) is 7.68. The van der Waals surface area contributed by atoms with Gasteiger partial charge < -0.3 is 5.11 Å². The van der Waals surface area contributed by atoms with Crippen molar-refractivity contribution in [2.45, 2.75) is 6.42 Å². The second kappa shape index (κ2) is 4.32. The van der Waals surface area contributed by atoms with Gasteiger partial charge in [-0.15, -0.1) is 0 Å². The van der Waals surface area contributed by atoms with E-state index in [1.807, 2.05) is 18.2 Å². The van der Waals surface area contributed by atoms with Crippen LogP contribution >= 0.6 is 0 Å². The van der Waals surface area contributed by atoms with E-state index in [9.17, 15) is 9.59 Å². The molecule has 1 saturated heterocycles. The van der Waals surface area contributed by atoms with Crippen LogP contribution in [0.5, 0.6) is 0 Å². The van der Waals surface area contributed by atoms with Gasteiger partial charge >= 0.3 is 5.97 Å². The van der Waals surface area contributed by atoms with Crippen molar-refractivity contribution < 1.29 is 14.7 Å². The molecule has 5 nitrogen and oxygen atoms in total. The molecule has 16 heavy (non-hydrogen) atoms. The molecular weight excluding hydrogens is 208 g/mol. The van der Waals surface area contributed by atoms with Crippen LogP contribution in [0.3, 0.4) is 0 Å². The van der Waals surface area contributed by atoms with Gasteiger partial charge in [0.25, 0.3) is 0 Å². The molecule has 1 heterocycles. The number of carbonyl (C=O) groups is 2. The molecule has 2 rings (SSSR count). The van der Waals surface area contributed by atoms with Crippen LogP contribution < -0.4 is 5.01 Å². The lowest BCUT2D eigenvalue weighted by molar-refractivity contribution is -0.138. The highest BCUT2D eigenvalue weighted by Gasteiger charge is 2.31. The minimum atomic E-state index is -0.935. The fourth-order valence-electron chi connectivity index (χ4n) is 1.77. The van der Waals surface area contributed by atoms with Gasteiger partial charge in [0.05, 0.1) is 5.69 Å². The Labute approximate surface area is 92.9 Å². The number of hydrogen-bond acceptors (Lipinski definition) is 3. The lowest BCUT2D eigenvalue weighted by Crippen LogP contribution is -2.42. The van der Waals surface area contributed by atoms with Crippen LogP contribution in [0.4, 0.5) is 5.69 Å². The van der Waals surface area contributed by atoms with E-state index in [1.54, 1.807) is 17.1 Å². The van der Waals surface area contributed by atoms with E-state index < -0.39 is 5.97 Å². The molecule has 5 heteroatoms. The standard InChI is InChI=1S/C11H12N2O3/c14-10-6-7-12(8-11(15)16)13(10)9-4-2-1-3-5-9/h1-5H,6-8H2,(H,15,16). The van der Waals surface area contributed by atoms with Gasteiger partial charge in [-0.1, -0.05) is 18.2 Å². The minimum Gasteiger partial charge on any atom is -0.480 e. The van der Waals surface area contributed by atoms with E-state index in [0.29, 0.717) is 18.7 Å². The summed E-state index contributed by atoms with van der Waals surface area (Å²) in [6, 6.07) is 9.07. The molecular formula is C11H12N2O3. The number of amides is 1. The number of benzene rings is 1. The van der Waals surface area contributed by atoms with Crippen molar-refractivity contribution >= 4 is 17.6 Å². The summed E-state index contributed by atoms with van der Waals surface area (Å²) in [6.45, 7) is 0.306. The molecule has 84 valence electrons. The zero-order valence-electron chi connectivity index (χ0n) is 8.67. The number of nitrogens with zero attached hydrogens (tertiary/aromatic N) is 2. The average Bonchev–Trinajstić information content (AvgIpc) is 2.60. The first kappa shape index (κ1) is 10.6. The van der Waals surface area contributed by atoms with E-state index in [0.717, 1.165) is 0 Å². The van der Waals surface area contributed by atoms with E-state index >= 15 is 0 Å². The summed E-state index contributed by atoms with van der Waals surface area (Å²) in [5.74, 6) is -0.997. The molecule has 1 amide bonds. The van der Waals surface area contributed by atoms with Gasteiger partial charge in [0.2, 0.25) is 5.91 Å². The average molecular weight is 220 g/mol.